The highest BCUT2D eigenvalue weighted by molar-refractivity contribution is 6.03. The molecule has 1 aromatic heterocycles. The minimum atomic E-state index is -0.0989. The molecule has 1 heterocycles. The summed E-state index contributed by atoms with van der Waals surface area (Å²) in [7, 11) is 0. The van der Waals surface area contributed by atoms with Gasteiger partial charge in [0.05, 0.1) is 0 Å². The summed E-state index contributed by atoms with van der Waals surface area (Å²) < 4.78 is 1.80. The number of nitrogens with zero attached hydrogens (tertiary/aromatic N) is 1. The van der Waals surface area contributed by atoms with E-state index in [1.165, 1.54) is 0 Å². The van der Waals surface area contributed by atoms with Gasteiger partial charge in [-0.1, -0.05) is 30.3 Å². The molecule has 0 aliphatic rings. The third-order valence-corrected chi connectivity index (χ3v) is 3.50. The van der Waals surface area contributed by atoms with Gasteiger partial charge in [-0.15, -0.1) is 0 Å². The molecular formula is C17H16N2O. The molecule has 0 unspecified atom stereocenters. The Morgan fingerprint density at radius 2 is 1.55 bits per heavy atom. The van der Waals surface area contributed by atoms with Gasteiger partial charge < -0.3 is 0 Å². The predicted octanol–water partition coefficient (Wildman–Crippen LogP) is 3.64. The number of hydrogen-bond acceptors (Lipinski definition) is 1. The second-order valence-corrected chi connectivity index (χ2v) is 4.95. The van der Waals surface area contributed by atoms with Crippen molar-refractivity contribution in [3.8, 4) is 0 Å². The number of rotatable bonds is 2. The van der Waals surface area contributed by atoms with Crippen molar-refractivity contribution in [2.45, 2.75) is 13.8 Å². The zero-order valence-electron chi connectivity index (χ0n) is 11.6. The first-order valence-electron chi connectivity index (χ1n) is 6.60. The molecule has 3 heteroatoms. The largest absolute Gasteiger partial charge is 0.270 e. The first kappa shape index (κ1) is 12.5. The average molecular weight is 264 g/mol. The van der Waals surface area contributed by atoms with Crippen LogP contribution in [0, 0.1) is 13.8 Å². The van der Waals surface area contributed by atoms with Crippen molar-refractivity contribution in [1.29, 1.82) is 0 Å². The molecule has 1 amide bonds. The van der Waals surface area contributed by atoms with E-state index in [2.05, 4.69) is 5.43 Å². The number of carbonyl (C=O) groups is 1. The Labute approximate surface area is 117 Å². The van der Waals surface area contributed by atoms with Crippen molar-refractivity contribution in [3.63, 3.8) is 0 Å². The summed E-state index contributed by atoms with van der Waals surface area (Å²) in [6.45, 7) is 3.93. The highest BCUT2D eigenvalue weighted by atomic mass is 16.2. The van der Waals surface area contributed by atoms with Crippen LogP contribution in [0.15, 0.2) is 54.6 Å². The summed E-state index contributed by atoms with van der Waals surface area (Å²) in [5.41, 5.74) is 5.60. The molecular weight excluding hydrogens is 248 g/mol. The minimum absolute atomic E-state index is 0.0989. The van der Waals surface area contributed by atoms with Crippen LogP contribution in [0.25, 0.3) is 10.8 Å². The summed E-state index contributed by atoms with van der Waals surface area (Å²) in [5.74, 6) is -0.0989. The highest BCUT2D eigenvalue weighted by Gasteiger charge is 2.09. The van der Waals surface area contributed by atoms with E-state index in [1.54, 1.807) is 4.68 Å². The second-order valence-electron chi connectivity index (χ2n) is 4.95. The SMILES string of the molecule is Cc1ccc(C)n1NC(=O)c1ccc2ccccc2c1. The van der Waals surface area contributed by atoms with Crippen molar-refractivity contribution in [2.75, 3.05) is 5.43 Å². The average Bonchev–Trinajstić information content (AvgIpc) is 2.78. The molecule has 0 aliphatic heterocycles. The molecule has 0 radical (unpaired) electrons. The standard InChI is InChI=1S/C17H16N2O/c1-12-7-8-13(2)19(12)18-17(20)16-10-9-14-5-3-4-6-15(14)11-16/h3-11H,1-2H3,(H,18,20). The van der Waals surface area contributed by atoms with Crippen LogP contribution in [0.4, 0.5) is 0 Å². The molecule has 0 aliphatic carbocycles. The third-order valence-electron chi connectivity index (χ3n) is 3.50. The third kappa shape index (κ3) is 2.18. The lowest BCUT2D eigenvalue weighted by Crippen LogP contribution is -2.24. The molecule has 2 aromatic carbocycles. The first-order chi connectivity index (χ1) is 9.65. The smallest absolute Gasteiger partial charge is 0.267 e. The van der Waals surface area contributed by atoms with Crippen molar-refractivity contribution < 1.29 is 4.79 Å². The van der Waals surface area contributed by atoms with Gasteiger partial charge >= 0.3 is 0 Å². The van der Waals surface area contributed by atoms with Crippen LogP contribution in [0.1, 0.15) is 21.7 Å². The zero-order chi connectivity index (χ0) is 14.1. The first-order valence-corrected chi connectivity index (χ1v) is 6.60. The monoisotopic (exact) mass is 264 g/mol. The Morgan fingerprint density at radius 1 is 0.900 bits per heavy atom. The van der Waals surface area contributed by atoms with Gasteiger partial charge in [0.1, 0.15) is 0 Å². The van der Waals surface area contributed by atoms with Gasteiger partial charge in [-0.25, -0.2) is 0 Å². The van der Waals surface area contributed by atoms with Gasteiger partial charge in [0.25, 0.3) is 5.91 Å². The van der Waals surface area contributed by atoms with Crippen LogP contribution in [0.3, 0.4) is 0 Å². The molecule has 0 spiro atoms. The van der Waals surface area contributed by atoms with Crippen LogP contribution in [0.5, 0.6) is 0 Å². The molecule has 0 bridgehead atoms. The molecule has 3 nitrogen and oxygen atoms in total. The van der Waals surface area contributed by atoms with Gasteiger partial charge in [0, 0.05) is 17.0 Å². The van der Waals surface area contributed by atoms with Crippen molar-refractivity contribution >= 4 is 16.7 Å². The number of nitrogens with one attached hydrogen (secondary N) is 1. The lowest BCUT2D eigenvalue weighted by molar-refractivity contribution is 0.101. The van der Waals surface area contributed by atoms with Crippen LogP contribution in [0.2, 0.25) is 0 Å². The Morgan fingerprint density at radius 3 is 2.25 bits per heavy atom. The Balaban J connectivity index is 1.93. The number of hydrogen-bond donors (Lipinski definition) is 1. The van der Waals surface area contributed by atoms with Gasteiger partial charge in [-0.2, -0.15) is 0 Å². The summed E-state index contributed by atoms with van der Waals surface area (Å²) in [6, 6.07) is 17.7. The number of aromatic nitrogens is 1. The summed E-state index contributed by atoms with van der Waals surface area (Å²) in [6.07, 6.45) is 0. The summed E-state index contributed by atoms with van der Waals surface area (Å²) in [4.78, 5) is 12.3. The van der Waals surface area contributed by atoms with Crippen LogP contribution >= 0.6 is 0 Å². The van der Waals surface area contributed by atoms with E-state index in [-0.39, 0.29) is 5.91 Å². The van der Waals surface area contributed by atoms with E-state index in [0.717, 1.165) is 22.2 Å². The molecule has 100 valence electrons. The minimum Gasteiger partial charge on any atom is -0.267 e. The van der Waals surface area contributed by atoms with Crippen LogP contribution in [-0.4, -0.2) is 10.6 Å². The lowest BCUT2D eigenvalue weighted by atomic mass is 10.1. The predicted molar refractivity (Wildman–Crippen MR) is 81.5 cm³/mol. The van der Waals surface area contributed by atoms with Crippen molar-refractivity contribution in [2.24, 2.45) is 0 Å². The van der Waals surface area contributed by atoms with Crippen molar-refractivity contribution in [3.05, 3.63) is 71.5 Å². The van der Waals surface area contributed by atoms with Gasteiger partial charge in [0.2, 0.25) is 0 Å². The Kier molecular flexibility index (Phi) is 3.03. The van der Waals surface area contributed by atoms with Crippen molar-refractivity contribution in [1.82, 2.24) is 4.68 Å². The fourth-order valence-corrected chi connectivity index (χ4v) is 2.34. The van der Waals surface area contributed by atoms with Crippen LogP contribution < -0.4 is 5.43 Å². The molecule has 3 rings (SSSR count). The number of amides is 1. The van der Waals surface area contributed by atoms with E-state index in [9.17, 15) is 4.79 Å². The molecule has 0 fully saturated rings. The van der Waals surface area contributed by atoms with E-state index >= 15 is 0 Å². The fourth-order valence-electron chi connectivity index (χ4n) is 2.34. The normalized spacial score (nSPS) is 10.7. The van der Waals surface area contributed by atoms with E-state index < -0.39 is 0 Å². The number of aryl methyl sites for hydroxylation is 2. The maximum absolute atomic E-state index is 12.3. The Hall–Kier alpha value is -2.55. The fraction of sp³-hybridized carbons (Fsp3) is 0.118. The lowest BCUT2D eigenvalue weighted by Gasteiger charge is -2.11. The topological polar surface area (TPSA) is 34.0 Å². The maximum atomic E-state index is 12.3. The number of fused-ring (bicyclic) bond motifs is 1. The molecule has 3 aromatic rings. The van der Waals surface area contributed by atoms with E-state index in [1.807, 2.05) is 68.4 Å². The molecule has 0 saturated carbocycles. The summed E-state index contributed by atoms with van der Waals surface area (Å²) in [5, 5.41) is 2.21. The second kappa shape index (κ2) is 4.85. The maximum Gasteiger partial charge on any atom is 0.270 e. The molecule has 0 saturated heterocycles. The number of benzene rings is 2. The number of carbonyl (C=O) groups excluding carboxylic acids is 1. The summed E-state index contributed by atoms with van der Waals surface area (Å²) >= 11 is 0. The van der Waals surface area contributed by atoms with Gasteiger partial charge in [-0.05, 0) is 48.9 Å². The quantitative estimate of drug-likeness (QED) is 0.753. The van der Waals surface area contributed by atoms with Crippen LogP contribution in [-0.2, 0) is 0 Å². The van der Waals surface area contributed by atoms with E-state index in [4.69, 9.17) is 0 Å². The Bertz CT molecular complexity index is 767. The zero-order valence-corrected chi connectivity index (χ0v) is 11.6. The van der Waals surface area contributed by atoms with Gasteiger partial charge in [-0.3, -0.25) is 14.9 Å². The molecule has 20 heavy (non-hydrogen) atoms. The van der Waals surface area contributed by atoms with E-state index in [0.29, 0.717) is 5.56 Å². The molecule has 1 N–H and O–H groups in total. The molecule has 0 atom stereocenters. The highest BCUT2D eigenvalue weighted by Crippen LogP contribution is 2.16. The van der Waals surface area contributed by atoms with Gasteiger partial charge in [0.15, 0.2) is 0 Å².